The maximum absolute atomic E-state index is 5.99. The Labute approximate surface area is 78.6 Å². The molecule has 0 spiro atoms. The number of nitrogens with two attached hydrogens (primary N) is 1. The van der Waals surface area contributed by atoms with Gasteiger partial charge in [-0.3, -0.25) is 0 Å². The lowest BCUT2D eigenvalue weighted by Gasteiger charge is -2.08. The van der Waals surface area contributed by atoms with Crippen LogP contribution in [0.2, 0.25) is 0 Å². The Morgan fingerprint density at radius 2 is 2.33 bits per heavy atom. The number of hydrogen-bond acceptors (Lipinski definition) is 2. The van der Waals surface area contributed by atoms with E-state index in [0.717, 1.165) is 6.42 Å². The second kappa shape index (κ2) is 5.33. The Morgan fingerprint density at radius 1 is 1.50 bits per heavy atom. The summed E-state index contributed by atoms with van der Waals surface area (Å²) in [5, 5.41) is 4.24. The monoisotopic (exact) mass is 183 g/mol. The summed E-state index contributed by atoms with van der Waals surface area (Å²) >= 11 is 1.73. The van der Waals surface area contributed by atoms with Crippen LogP contribution in [0.25, 0.3) is 0 Å². The van der Waals surface area contributed by atoms with E-state index in [1.54, 1.807) is 11.3 Å². The molecule has 0 aromatic carbocycles. The van der Waals surface area contributed by atoms with E-state index >= 15 is 0 Å². The van der Waals surface area contributed by atoms with E-state index in [1.165, 1.54) is 24.8 Å². The molecule has 1 rings (SSSR count). The van der Waals surface area contributed by atoms with Crippen molar-refractivity contribution in [2.24, 2.45) is 5.73 Å². The van der Waals surface area contributed by atoms with Crippen LogP contribution >= 0.6 is 11.3 Å². The molecule has 1 nitrogen and oxygen atoms in total. The SMILES string of the molecule is CCCCC[C@@H](N)c1ccsc1. The van der Waals surface area contributed by atoms with E-state index in [0.29, 0.717) is 0 Å². The minimum Gasteiger partial charge on any atom is -0.324 e. The topological polar surface area (TPSA) is 26.0 Å². The first-order valence-corrected chi connectivity index (χ1v) is 5.56. The summed E-state index contributed by atoms with van der Waals surface area (Å²) in [5.41, 5.74) is 7.29. The fraction of sp³-hybridized carbons (Fsp3) is 0.600. The normalized spacial score (nSPS) is 13.2. The molecular weight excluding hydrogens is 166 g/mol. The molecule has 0 saturated heterocycles. The molecule has 0 unspecified atom stereocenters. The lowest BCUT2D eigenvalue weighted by Crippen LogP contribution is -2.08. The molecule has 68 valence electrons. The zero-order valence-corrected chi connectivity index (χ0v) is 8.44. The van der Waals surface area contributed by atoms with Gasteiger partial charge in [0.05, 0.1) is 0 Å². The molecular formula is C10H17NS. The average Bonchev–Trinajstić information content (AvgIpc) is 2.56. The van der Waals surface area contributed by atoms with Gasteiger partial charge in [0.15, 0.2) is 0 Å². The summed E-state index contributed by atoms with van der Waals surface area (Å²) in [5.74, 6) is 0. The fourth-order valence-electron chi connectivity index (χ4n) is 1.27. The van der Waals surface area contributed by atoms with Gasteiger partial charge < -0.3 is 5.73 Å². The van der Waals surface area contributed by atoms with Crippen molar-refractivity contribution in [1.82, 2.24) is 0 Å². The molecule has 12 heavy (non-hydrogen) atoms. The predicted octanol–water partition coefficient (Wildman–Crippen LogP) is 3.33. The number of rotatable bonds is 5. The van der Waals surface area contributed by atoms with E-state index in [4.69, 9.17) is 5.73 Å². The summed E-state index contributed by atoms with van der Waals surface area (Å²) in [6.07, 6.45) is 4.96. The minimum atomic E-state index is 0.266. The highest BCUT2D eigenvalue weighted by Crippen LogP contribution is 2.19. The van der Waals surface area contributed by atoms with Gasteiger partial charge in [-0.1, -0.05) is 26.2 Å². The number of thiophene rings is 1. The van der Waals surface area contributed by atoms with Gasteiger partial charge in [-0.2, -0.15) is 11.3 Å². The Morgan fingerprint density at radius 3 is 2.92 bits per heavy atom. The smallest absolute Gasteiger partial charge is 0.0303 e. The Balaban J connectivity index is 2.25. The van der Waals surface area contributed by atoms with Crippen molar-refractivity contribution in [3.63, 3.8) is 0 Å². The van der Waals surface area contributed by atoms with Gasteiger partial charge in [0.25, 0.3) is 0 Å². The molecule has 0 bridgehead atoms. The summed E-state index contributed by atoms with van der Waals surface area (Å²) in [7, 11) is 0. The van der Waals surface area contributed by atoms with Crippen LogP contribution in [-0.4, -0.2) is 0 Å². The molecule has 0 aliphatic carbocycles. The second-order valence-electron chi connectivity index (χ2n) is 3.16. The molecule has 1 aromatic heterocycles. The maximum atomic E-state index is 5.99. The van der Waals surface area contributed by atoms with Crippen LogP contribution in [0.5, 0.6) is 0 Å². The van der Waals surface area contributed by atoms with Gasteiger partial charge in [0.2, 0.25) is 0 Å². The molecule has 1 aromatic rings. The third-order valence-corrected chi connectivity index (χ3v) is 2.79. The van der Waals surface area contributed by atoms with E-state index in [9.17, 15) is 0 Å². The second-order valence-corrected chi connectivity index (χ2v) is 3.94. The first kappa shape index (κ1) is 9.75. The average molecular weight is 183 g/mol. The summed E-state index contributed by atoms with van der Waals surface area (Å²) in [6, 6.07) is 2.39. The van der Waals surface area contributed by atoms with Crippen molar-refractivity contribution in [3.05, 3.63) is 22.4 Å². The summed E-state index contributed by atoms with van der Waals surface area (Å²) in [6.45, 7) is 2.22. The van der Waals surface area contributed by atoms with Gasteiger partial charge in [-0.25, -0.2) is 0 Å². The molecule has 1 heterocycles. The first-order chi connectivity index (χ1) is 5.84. The molecule has 0 saturated carbocycles. The van der Waals surface area contributed by atoms with Crippen LogP contribution in [0, 0.1) is 0 Å². The predicted molar refractivity (Wildman–Crippen MR) is 55.4 cm³/mol. The van der Waals surface area contributed by atoms with E-state index in [2.05, 4.69) is 23.8 Å². The molecule has 0 aliphatic rings. The van der Waals surface area contributed by atoms with Crippen molar-refractivity contribution in [3.8, 4) is 0 Å². The van der Waals surface area contributed by atoms with Crippen molar-refractivity contribution < 1.29 is 0 Å². The summed E-state index contributed by atoms with van der Waals surface area (Å²) in [4.78, 5) is 0. The summed E-state index contributed by atoms with van der Waals surface area (Å²) < 4.78 is 0. The third kappa shape index (κ3) is 2.95. The van der Waals surface area contributed by atoms with Gasteiger partial charge in [-0.05, 0) is 28.8 Å². The van der Waals surface area contributed by atoms with Gasteiger partial charge in [0, 0.05) is 6.04 Å². The highest BCUT2D eigenvalue weighted by atomic mass is 32.1. The lowest BCUT2D eigenvalue weighted by molar-refractivity contribution is 0.582. The Hall–Kier alpha value is -0.340. The van der Waals surface area contributed by atoms with Crippen LogP contribution in [0.15, 0.2) is 16.8 Å². The van der Waals surface area contributed by atoms with E-state index in [-0.39, 0.29) is 6.04 Å². The highest BCUT2D eigenvalue weighted by molar-refractivity contribution is 7.07. The standard InChI is InChI=1S/C10H17NS/c1-2-3-4-5-10(11)9-6-7-12-8-9/h6-8,10H,2-5,11H2,1H3/t10-/m1/s1. The molecule has 2 N–H and O–H groups in total. The van der Waals surface area contributed by atoms with Gasteiger partial charge in [-0.15, -0.1) is 0 Å². The Kier molecular flexibility index (Phi) is 4.33. The molecule has 0 amide bonds. The van der Waals surface area contributed by atoms with Crippen molar-refractivity contribution in [1.29, 1.82) is 0 Å². The number of hydrogen-bond donors (Lipinski definition) is 1. The van der Waals surface area contributed by atoms with Crippen LogP contribution in [0.3, 0.4) is 0 Å². The molecule has 0 fully saturated rings. The van der Waals surface area contributed by atoms with Crippen LogP contribution in [0.1, 0.15) is 44.2 Å². The first-order valence-electron chi connectivity index (χ1n) is 4.62. The van der Waals surface area contributed by atoms with Gasteiger partial charge in [0.1, 0.15) is 0 Å². The quantitative estimate of drug-likeness (QED) is 0.696. The molecule has 1 atom stereocenters. The zero-order chi connectivity index (χ0) is 8.81. The van der Waals surface area contributed by atoms with Crippen LogP contribution < -0.4 is 5.73 Å². The van der Waals surface area contributed by atoms with E-state index in [1.807, 2.05) is 0 Å². The largest absolute Gasteiger partial charge is 0.324 e. The van der Waals surface area contributed by atoms with Gasteiger partial charge >= 0.3 is 0 Å². The minimum absolute atomic E-state index is 0.266. The molecule has 0 radical (unpaired) electrons. The van der Waals surface area contributed by atoms with Crippen LogP contribution in [0.4, 0.5) is 0 Å². The van der Waals surface area contributed by atoms with E-state index < -0.39 is 0 Å². The zero-order valence-electron chi connectivity index (χ0n) is 7.62. The lowest BCUT2D eigenvalue weighted by atomic mass is 10.0. The van der Waals surface area contributed by atoms with Crippen molar-refractivity contribution in [2.75, 3.05) is 0 Å². The molecule has 0 aliphatic heterocycles. The Bertz CT molecular complexity index is 194. The fourth-order valence-corrected chi connectivity index (χ4v) is 1.99. The van der Waals surface area contributed by atoms with Crippen LogP contribution in [-0.2, 0) is 0 Å². The third-order valence-electron chi connectivity index (χ3n) is 2.09. The number of unbranched alkanes of at least 4 members (excludes halogenated alkanes) is 2. The van der Waals surface area contributed by atoms with Crippen molar-refractivity contribution >= 4 is 11.3 Å². The van der Waals surface area contributed by atoms with Crippen molar-refractivity contribution in [2.45, 2.75) is 38.6 Å². The maximum Gasteiger partial charge on any atom is 0.0303 e. The highest BCUT2D eigenvalue weighted by Gasteiger charge is 2.04. The molecule has 2 heteroatoms.